The van der Waals surface area contributed by atoms with E-state index < -0.39 is 11.8 Å². The highest BCUT2D eigenvalue weighted by molar-refractivity contribution is 5.82. The number of rotatable bonds is 17. The lowest BCUT2D eigenvalue weighted by molar-refractivity contribution is -0.160. The Morgan fingerprint density at radius 3 is 1.60 bits per heavy atom. The van der Waals surface area contributed by atoms with E-state index in [1.807, 2.05) is 0 Å². The van der Waals surface area contributed by atoms with Gasteiger partial charge in [0.2, 0.25) is 0 Å². The van der Waals surface area contributed by atoms with Gasteiger partial charge >= 0.3 is 11.9 Å². The summed E-state index contributed by atoms with van der Waals surface area (Å²) in [6, 6.07) is 0. The fourth-order valence-electron chi connectivity index (χ4n) is 4.67. The molecule has 0 bridgehead atoms. The second-order valence-electron chi connectivity index (χ2n) is 9.18. The van der Waals surface area contributed by atoms with Crippen LogP contribution >= 0.6 is 0 Å². The molecule has 1 saturated heterocycles. The normalized spacial score (nSPS) is 24.9. The molecule has 30 heavy (non-hydrogen) atoms. The molecule has 0 aromatic rings. The van der Waals surface area contributed by atoms with E-state index in [1.165, 1.54) is 84.2 Å². The van der Waals surface area contributed by atoms with Gasteiger partial charge in [-0.2, -0.15) is 0 Å². The Morgan fingerprint density at radius 1 is 0.700 bits per heavy atom. The molecule has 2 aliphatic rings. The smallest absolute Gasteiger partial charge is 0.309 e. The summed E-state index contributed by atoms with van der Waals surface area (Å²) in [5.41, 5.74) is 0. The van der Waals surface area contributed by atoms with E-state index >= 15 is 0 Å². The van der Waals surface area contributed by atoms with Crippen molar-refractivity contribution in [1.82, 2.24) is 0 Å². The third-order valence-corrected chi connectivity index (χ3v) is 6.69. The number of esters is 2. The molecule has 0 amide bonds. The van der Waals surface area contributed by atoms with Gasteiger partial charge in [-0.25, -0.2) is 0 Å². The highest BCUT2D eigenvalue weighted by atomic mass is 16.6. The van der Waals surface area contributed by atoms with Gasteiger partial charge in [0.05, 0.1) is 37.8 Å². The van der Waals surface area contributed by atoms with E-state index in [0.717, 1.165) is 12.8 Å². The lowest BCUT2D eigenvalue weighted by Crippen LogP contribution is -2.37. The minimum atomic E-state index is -0.414. The molecule has 2 rings (SSSR count). The number of carbonyl (C=O) groups is 2. The van der Waals surface area contributed by atoms with Crippen LogP contribution in [-0.2, 0) is 23.8 Å². The van der Waals surface area contributed by atoms with Gasteiger partial charge in [0, 0.05) is 0 Å². The Bertz CT molecular complexity index is 492. The van der Waals surface area contributed by atoms with E-state index in [2.05, 4.69) is 6.92 Å². The molecule has 2 fully saturated rings. The monoisotopic (exact) mass is 424 g/mol. The Morgan fingerprint density at radius 2 is 1.13 bits per heavy atom. The predicted octanol–water partition coefficient (Wildman–Crippen LogP) is 5.98. The number of fused-ring (bicyclic) bond motifs is 1. The van der Waals surface area contributed by atoms with Crippen LogP contribution in [0, 0.1) is 11.8 Å². The maximum Gasteiger partial charge on any atom is 0.309 e. The van der Waals surface area contributed by atoms with Crippen LogP contribution in [0.4, 0.5) is 0 Å². The summed E-state index contributed by atoms with van der Waals surface area (Å²) in [5, 5.41) is 0. The summed E-state index contributed by atoms with van der Waals surface area (Å²) < 4.78 is 15.8. The standard InChI is InChI=1S/C25H44O5/c1-3-4-5-6-7-8-9-10-11-12-13-14-15-16-17-29-25(27)21-19-23-22(30-23)18-20(21)24(26)28-2/h20-23H,3-19H2,1-2H3. The van der Waals surface area contributed by atoms with Crippen molar-refractivity contribution in [2.45, 2.75) is 122 Å². The predicted molar refractivity (Wildman–Crippen MR) is 118 cm³/mol. The Balaban J connectivity index is 1.40. The molecule has 4 atom stereocenters. The third-order valence-electron chi connectivity index (χ3n) is 6.69. The molecule has 0 radical (unpaired) electrons. The van der Waals surface area contributed by atoms with Gasteiger partial charge in [0.25, 0.3) is 0 Å². The Kier molecular flexibility index (Phi) is 12.4. The SMILES string of the molecule is CCCCCCCCCCCCCCCCOC(=O)C1CC2OC2CC1C(=O)OC. The van der Waals surface area contributed by atoms with Gasteiger partial charge in [-0.05, 0) is 19.3 Å². The molecule has 1 saturated carbocycles. The van der Waals surface area contributed by atoms with Crippen molar-refractivity contribution in [3.63, 3.8) is 0 Å². The van der Waals surface area contributed by atoms with Gasteiger partial charge in [-0.15, -0.1) is 0 Å². The number of ether oxygens (including phenoxy) is 3. The molecule has 1 heterocycles. The van der Waals surface area contributed by atoms with Crippen LogP contribution in [0.1, 0.15) is 110 Å². The number of hydrogen-bond donors (Lipinski definition) is 0. The molecule has 0 N–H and O–H groups in total. The first-order valence-electron chi connectivity index (χ1n) is 12.6. The number of unbranched alkanes of at least 4 members (excludes halogenated alkanes) is 13. The van der Waals surface area contributed by atoms with Crippen LogP contribution in [-0.4, -0.2) is 37.9 Å². The van der Waals surface area contributed by atoms with E-state index in [-0.39, 0.29) is 24.1 Å². The number of epoxide rings is 1. The fourth-order valence-corrected chi connectivity index (χ4v) is 4.67. The maximum atomic E-state index is 12.4. The van der Waals surface area contributed by atoms with Gasteiger partial charge in [-0.3, -0.25) is 9.59 Å². The molecule has 0 aromatic carbocycles. The topological polar surface area (TPSA) is 65.1 Å². The average Bonchev–Trinajstić information content (AvgIpc) is 3.53. The van der Waals surface area contributed by atoms with Gasteiger partial charge in [-0.1, -0.05) is 90.4 Å². The molecule has 5 nitrogen and oxygen atoms in total. The van der Waals surface area contributed by atoms with E-state index in [4.69, 9.17) is 14.2 Å². The summed E-state index contributed by atoms with van der Waals surface area (Å²) in [4.78, 5) is 24.4. The highest BCUT2D eigenvalue weighted by Gasteiger charge is 2.53. The molecular weight excluding hydrogens is 380 g/mol. The van der Waals surface area contributed by atoms with Crippen molar-refractivity contribution >= 4 is 11.9 Å². The number of hydrogen-bond acceptors (Lipinski definition) is 5. The Labute approximate surface area is 183 Å². The second kappa shape index (κ2) is 14.8. The van der Waals surface area contributed by atoms with E-state index in [0.29, 0.717) is 19.4 Å². The average molecular weight is 425 g/mol. The van der Waals surface area contributed by atoms with Gasteiger partial charge < -0.3 is 14.2 Å². The molecule has 0 aromatic heterocycles. The summed E-state index contributed by atoms with van der Waals surface area (Å²) in [7, 11) is 1.37. The molecule has 5 heteroatoms. The van der Waals surface area contributed by atoms with Gasteiger partial charge in [0.15, 0.2) is 0 Å². The quantitative estimate of drug-likeness (QED) is 0.163. The van der Waals surface area contributed by atoms with Crippen LogP contribution < -0.4 is 0 Å². The van der Waals surface area contributed by atoms with Gasteiger partial charge in [0.1, 0.15) is 0 Å². The van der Waals surface area contributed by atoms with Crippen molar-refractivity contribution < 1.29 is 23.8 Å². The van der Waals surface area contributed by atoms with Crippen LogP contribution in [0.2, 0.25) is 0 Å². The highest BCUT2D eigenvalue weighted by Crippen LogP contribution is 2.43. The minimum Gasteiger partial charge on any atom is -0.469 e. The molecule has 4 unspecified atom stereocenters. The maximum absolute atomic E-state index is 12.4. The minimum absolute atomic E-state index is 0.129. The van der Waals surface area contributed by atoms with Crippen molar-refractivity contribution in [2.24, 2.45) is 11.8 Å². The molecule has 1 aliphatic heterocycles. The molecular formula is C25H44O5. The zero-order chi connectivity index (χ0) is 21.6. The summed E-state index contributed by atoms with van der Waals surface area (Å²) >= 11 is 0. The fraction of sp³-hybridized carbons (Fsp3) is 0.920. The first-order valence-corrected chi connectivity index (χ1v) is 12.6. The zero-order valence-corrected chi connectivity index (χ0v) is 19.4. The lowest BCUT2D eigenvalue weighted by Gasteiger charge is -2.25. The molecule has 0 spiro atoms. The zero-order valence-electron chi connectivity index (χ0n) is 19.4. The lowest BCUT2D eigenvalue weighted by atomic mass is 9.79. The summed E-state index contributed by atoms with van der Waals surface area (Å²) in [5.74, 6) is -1.40. The Hall–Kier alpha value is -1.10. The van der Waals surface area contributed by atoms with Crippen LogP contribution in [0.3, 0.4) is 0 Å². The van der Waals surface area contributed by atoms with Crippen molar-refractivity contribution in [1.29, 1.82) is 0 Å². The summed E-state index contributed by atoms with van der Waals surface area (Å²) in [6.45, 7) is 2.72. The summed E-state index contributed by atoms with van der Waals surface area (Å²) in [6.07, 6.45) is 19.7. The first kappa shape index (κ1) is 25.2. The van der Waals surface area contributed by atoms with Crippen LogP contribution in [0.15, 0.2) is 0 Å². The third kappa shape index (κ3) is 9.36. The number of methoxy groups -OCH3 is 1. The van der Waals surface area contributed by atoms with Crippen LogP contribution in [0.25, 0.3) is 0 Å². The second-order valence-corrected chi connectivity index (χ2v) is 9.18. The molecule has 174 valence electrons. The van der Waals surface area contributed by atoms with Crippen molar-refractivity contribution in [3.05, 3.63) is 0 Å². The van der Waals surface area contributed by atoms with E-state index in [9.17, 15) is 9.59 Å². The largest absolute Gasteiger partial charge is 0.469 e. The van der Waals surface area contributed by atoms with Crippen LogP contribution in [0.5, 0.6) is 0 Å². The van der Waals surface area contributed by atoms with Crippen molar-refractivity contribution in [3.8, 4) is 0 Å². The van der Waals surface area contributed by atoms with Crippen molar-refractivity contribution in [2.75, 3.05) is 13.7 Å². The molecule has 1 aliphatic carbocycles. The first-order chi connectivity index (χ1) is 14.7. The number of carbonyl (C=O) groups excluding carboxylic acids is 2. The van der Waals surface area contributed by atoms with E-state index in [1.54, 1.807) is 0 Å².